The molecule has 0 aromatic heterocycles. The first-order valence-corrected chi connectivity index (χ1v) is 8.55. The summed E-state index contributed by atoms with van der Waals surface area (Å²) in [5.41, 5.74) is 3.22. The largest absolute Gasteiger partial charge is 0.449 e. The maximum Gasteiger partial charge on any atom is 0.303 e. The molecule has 0 rings (SSSR count). The molecule has 0 saturated carbocycles. The number of hydrogen-bond acceptors (Lipinski definition) is 2. The zero-order chi connectivity index (χ0) is 11.2. The van der Waals surface area contributed by atoms with E-state index in [1.807, 2.05) is 0 Å². The normalized spacial score (nSPS) is 12.6. The second-order valence-corrected chi connectivity index (χ2v) is 9.16. The van der Waals surface area contributed by atoms with Gasteiger partial charge in [-0.05, 0) is 6.42 Å². The van der Waals surface area contributed by atoms with E-state index in [2.05, 4.69) is 38.0 Å². The third-order valence-electron chi connectivity index (χ3n) is 1.47. The summed E-state index contributed by atoms with van der Waals surface area (Å²) in [4.78, 5) is 10.8. The standard InChI is InChI=1S/C11H20O2Si/c1-6-7-11(13-10(2)12)8-9-14(3,4)5/h11H,6-7H2,1-5H3. The highest BCUT2D eigenvalue weighted by Gasteiger charge is 2.11. The number of ether oxygens (including phenoxy) is 1. The van der Waals surface area contributed by atoms with Crippen LogP contribution in [0, 0.1) is 11.5 Å². The Morgan fingerprint density at radius 1 is 1.43 bits per heavy atom. The minimum absolute atomic E-state index is 0.204. The average Bonchev–Trinajstić information content (AvgIpc) is 1.98. The Morgan fingerprint density at radius 2 is 2.00 bits per heavy atom. The van der Waals surface area contributed by atoms with Crippen molar-refractivity contribution in [3.8, 4) is 11.5 Å². The van der Waals surface area contributed by atoms with Gasteiger partial charge < -0.3 is 4.74 Å². The molecule has 1 atom stereocenters. The summed E-state index contributed by atoms with van der Waals surface area (Å²) < 4.78 is 5.10. The van der Waals surface area contributed by atoms with Gasteiger partial charge in [-0.1, -0.05) is 38.9 Å². The van der Waals surface area contributed by atoms with E-state index in [1.165, 1.54) is 6.92 Å². The molecule has 0 saturated heterocycles. The third kappa shape index (κ3) is 7.87. The molecule has 0 aliphatic rings. The number of rotatable bonds is 3. The molecule has 0 bridgehead atoms. The van der Waals surface area contributed by atoms with Gasteiger partial charge >= 0.3 is 5.97 Å². The van der Waals surface area contributed by atoms with E-state index in [1.54, 1.807) is 0 Å². The average molecular weight is 212 g/mol. The molecule has 0 N–H and O–H groups in total. The van der Waals surface area contributed by atoms with Gasteiger partial charge in [-0.3, -0.25) is 4.79 Å². The van der Waals surface area contributed by atoms with Gasteiger partial charge in [-0.25, -0.2) is 0 Å². The second-order valence-electron chi connectivity index (χ2n) is 4.41. The van der Waals surface area contributed by atoms with Crippen LogP contribution in [0.3, 0.4) is 0 Å². The van der Waals surface area contributed by atoms with E-state index in [0.29, 0.717) is 0 Å². The lowest BCUT2D eigenvalue weighted by Crippen LogP contribution is -2.20. The predicted molar refractivity (Wildman–Crippen MR) is 61.6 cm³/mol. The molecule has 0 aromatic rings. The molecule has 80 valence electrons. The van der Waals surface area contributed by atoms with E-state index in [-0.39, 0.29) is 12.1 Å². The van der Waals surface area contributed by atoms with Gasteiger partial charge in [-0.2, -0.15) is 0 Å². The molecule has 0 amide bonds. The van der Waals surface area contributed by atoms with E-state index < -0.39 is 8.07 Å². The Hall–Kier alpha value is -0.753. The highest BCUT2D eigenvalue weighted by Crippen LogP contribution is 2.03. The van der Waals surface area contributed by atoms with Crippen molar-refractivity contribution in [3.05, 3.63) is 0 Å². The Kier molecular flexibility index (Phi) is 5.55. The van der Waals surface area contributed by atoms with Crippen LogP contribution in [-0.2, 0) is 9.53 Å². The van der Waals surface area contributed by atoms with Crippen LogP contribution in [0.25, 0.3) is 0 Å². The monoisotopic (exact) mass is 212 g/mol. The molecule has 0 aliphatic heterocycles. The van der Waals surface area contributed by atoms with Crippen molar-refractivity contribution in [2.24, 2.45) is 0 Å². The van der Waals surface area contributed by atoms with E-state index in [4.69, 9.17) is 4.74 Å². The summed E-state index contributed by atoms with van der Waals surface area (Å²) in [5, 5.41) is 0. The van der Waals surface area contributed by atoms with Gasteiger partial charge in [0.25, 0.3) is 0 Å². The van der Waals surface area contributed by atoms with Crippen LogP contribution in [0.4, 0.5) is 0 Å². The Bertz CT molecular complexity index is 242. The molecular formula is C11H20O2Si. The summed E-state index contributed by atoms with van der Waals surface area (Å²) in [6, 6.07) is 0. The third-order valence-corrected chi connectivity index (χ3v) is 2.36. The summed E-state index contributed by atoms with van der Waals surface area (Å²) in [6.07, 6.45) is 1.61. The number of carbonyl (C=O) groups excluding carboxylic acids is 1. The lowest BCUT2D eigenvalue weighted by molar-refractivity contribution is -0.143. The van der Waals surface area contributed by atoms with Gasteiger partial charge in [-0.15, -0.1) is 5.54 Å². The highest BCUT2D eigenvalue weighted by molar-refractivity contribution is 6.83. The molecule has 14 heavy (non-hydrogen) atoms. The van der Waals surface area contributed by atoms with Crippen molar-refractivity contribution in [2.75, 3.05) is 0 Å². The Labute approximate surface area is 88.0 Å². The molecule has 0 aromatic carbocycles. The highest BCUT2D eigenvalue weighted by atomic mass is 28.3. The lowest BCUT2D eigenvalue weighted by Gasteiger charge is -2.11. The van der Waals surface area contributed by atoms with Gasteiger partial charge in [0, 0.05) is 6.92 Å². The van der Waals surface area contributed by atoms with Crippen molar-refractivity contribution < 1.29 is 9.53 Å². The molecule has 1 unspecified atom stereocenters. The van der Waals surface area contributed by atoms with Crippen LogP contribution >= 0.6 is 0 Å². The lowest BCUT2D eigenvalue weighted by atomic mass is 10.2. The fourth-order valence-electron chi connectivity index (χ4n) is 0.920. The van der Waals surface area contributed by atoms with Crippen LogP contribution in [0.15, 0.2) is 0 Å². The molecule has 0 heterocycles. The summed E-state index contributed by atoms with van der Waals surface area (Å²) in [5.74, 6) is 2.82. The first-order chi connectivity index (χ1) is 6.35. The number of carbonyl (C=O) groups is 1. The topological polar surface area (TPSA) is 26.3 Å². The summed E-state index contributed by atoms with van der Waals surface area (Å²) in [6.45, 7) is 10.0. The minimum Gasteiger partial charge on any atom is -0.449 e. The van der Waals surface area contributed by atoms with Crippen LogP contribution < -0.4 is 0 Å². The quantitative estimate of drug-likeness (QED) is 0.408. The van der Waals surface area contributed by atoms with Crippen molar-refractivity contribution in [1.82, 2.24) is 0 Å². The molecule has 0 radical (unpaired) electrons. The van der Waals surface area contributed by atoms with E-state index in [9.17, 15) is 4.79 Å². The van der Waals surface area contributed by atoms with Crippen LogP contribution in [0.2, 0.25) is 19.6 Å². The maximum absolute atomic E-state index is 10.8. The SMILES string of the molecule is CCCC(C#C[Si](C)(C)C)OC(C)=O. The first-order valence-electron chi connectivity index (χ1n) is 5.05. The minimum atomic E-state index is -1.35. The van der Waals surface area contributed by atoms with Crippen LogP contribution in [0.1, 0.15) is 26.7 Å². The zero-order valence-electron chi connectivity index (χ0n) is 9.81. The molecule has 0 spiro atoms. The van der Waals surface area contributed by atoms with Crippen molar-refractivity contribution in [2.45, 2.75) is 52.4 Å². The number of esters is 1. The second kappa shape index (κ2) is 5.87. The predicted octanol–water partition coefficient (Wildman–Crippen LogP) is 2.60. The molecule has 3 heteroatoms. The summed E-state index contributed by atoms with van der Waals surface area (Å²) >= 11 is 0. The van der Waals surface area contributed by atoms with Crippen LogP contribution in [0.5, 0.6) is 0 Å². The van der Waals surface area contributed by atoms with E-state index >= 15 is 0 Å². The molecule has 2 nitrogen and oxygen atoms in total. The Balaban J connectivity index is 4.33. The number of hydrogen-bond donors (Lipinski definition) is 0. The van der Waals surface area contributed by atoms with Gasteiger partial charge in [0.2, 0.25) is 0 Å². The zero-order valence-corrected chi connectivity index (χ0v) is 10.8. The fourth-order valence-corrected chi connectivity index (χ4v) is 1.51. The maximum atomic E-state index is 10.8. The first kappa shape index (κ1) is 13.2. The Morgan fingerprint density at radius 3 is 2.36 bits per heavy atom. The van der Waals surface area contributed by atoms with E-state index in [0.717, 1.165) is 12.8 Å². The van der Waals surface area contributed by atoms with Gasteiger partial charge in [0.15, 0.2) is 6.10 Å². The summed E-state index contributed by atoms with van der Waals surface area (Å²) in [7, 11) is -1.35. The molecular weight excluding hydrogens is 192 g/mol. The fraction of sp³-hybridized carbons (Fsp3) is 0.727. The van der Waals surface area contributed by atoms with Gasteiger partial charge in [0.05, 0.1) is 0 Å². The smallest absolute Gasteiger partial charge is 0.303 e. The van der Waals surface area contributed by atoms with Crippen molar-refractivity contribution >= 4 is 14.0 Å². The van der Waals surface area contributed by atoms with Crippen LogP contribution in [-0.4, -0.2) is 20.1 Å². The molecule has 0 aliphatic carbocycles. The van der Waals surface area contributed by atoms with Gasteiger partial charge in [0.1, 0.15) is 8.07 Å². The van der Waals surface area contributed by atoms with Crippen molar-refractivity contribution in [3.63, 3.8) is 0 Å². The van der Waals surface area contributed by atoms with Crippen molar-refractivity contribution in [1.29, 1.82) is 0 Å². The molecule has 0 fully saturated rings.